The molecule has 3 rings (SSSR count). The summed E-state index contributed by atoms with van der Waals surface area (Å²) in [5, 5.41) is 18.8. The molecule has 1 aromatic heterocycles. The lowest BCUT2D eigenvalue weighted by Gasteiger charge is -2.16. The number of benzene rings is 1. The quantitative estimate of drug-likeness (QED) is 0.631. The van der Waals surface area contributed by atoms with Crippen molar-refractivity contribution in [1.82, 2.24) is 9.88 Å². The zero-order valence-corrected chi connectivity index (χ0v) is 14.2. The van der Waals surface area contributed by atoms with Crippen LogP contribution in [0.1, 0.15) is 43.9 Å². The van der Waals surface area contributed by atoms with Gasteiger partial charge < -0.3 is 25.8 Å². The van der Waals surface area contributed by atoms with E-state index < -0.39 is 34.4 Å². The molecule has 0 spiro atoms. The number of amides is 1. The number of nitrogens with zero attached hydrogens (tertiary/aromatic N) is 1. The number of carbonyl (C=O) groups is 3. The minimum Gasteiger partial charge on any atom is -0.478 e. The Kier molecular flexibility index (Phi) is 4.68. The number of carboxylic acid groups (broad SMARTS) is 2. The molecule has 2 aromatic rings. The average Bonchev–Trinajstić information content (AvgIpc) is 3.14. The van der Waals surface area contributed by atoms with Gasteiger partial charge in [0.15, 0.2) is 0 Å². The normalized spacial score (nSPS) is 13.6. The summed E-state index contributed by atoms with van der Waals surface area (Å²) >= 11 is 0. The molecule has 1 aliphatic heterocycles. The van der Waals surface area contributed by atoms with Crippen molar-refractivity contribution >= 4 is 23.7 Å². The van der Waals surface area contributed by atoms with Crippen LogP contribution in [0.5, 0.6) is 0 Å². The summed E-state index contributed by atoms with van der Waals surface area (Å²) in [4.78, 5) is 51.3. The minimum atomic E-state index is -1.58. The number of aromatic nitrogens is 1. The number of H-pyrrole nitrogens is 1. The Hall–Kier alpha value is -3.62. The predicted molar refractivity (Wildman–Crippen MR) is 96.0 cm³/mol. The van der Waals surface area contributed by atoms with Crippen molar-refractivity contribution in [2.45, 2.75) is 12.8 Å². The molecule has 9 heteroatoms. The molecule has 0 bridgehead atoms. The van der Waals surface area contributed by atoms with E-state index in [0.29, 0.717) is 18.7 Å². The van der Waals surface area contributed by atoms with Crippen molar-refractivity contribution in [3.8, 4) is 11.1 Å². The Labute approximate surface area is 153 Å². The van der Waals surface area contributed by atoms with Gasteiger partial charge >= 0.3 is 11.9 Å². The molecule has 0 unspecified atom stereocenters. The lowest BCUT2D eigenvalue weighted by atomic mass is 9.94. The molecule has 2 heterocycles. The number of aromatic amines is 1. The Morgan fingerprint density at radius 1 is 0.963 bits per heavy atom. The average molecular weight is 371 g/mol. The SMILES string of the molecule is Nc1[nH]c(=O)c(C(=O)O)c(-c2ccc(C(=O)N3CCCC3)cc2)c1C(=O)O. The van der Waals surface area contributed by atoms with E-state index in [-0.39, 0.29) is 17.0 Å². The van der Waals surface area contributed by atoms with Gasteiger partial charge in [-0.15, -0.1) is 0 Å². The first-order valence-corrected chi connectivity index (χ1v) is 8.23. The zero-order valence-electron chi connectivity index (χ0n) is 14.2. The smallest absolute Gasteiger partial charge is 0.342 e. The molecule has 140 valence electrons. The number of rotatable bonds is 4. The topological polar surface area (TPSA) is 154 Å². The maximum Gasteiger partial charge on any atom is 0.342 e. The van der Waals surface area contributed by atoms with Crippen LogP contribution in [0, 0.1) is 0 Å². The molecule has 27 heavy (non-hydrogen) atoms. The summed E-state index contributed by atoms with van der Waals surface area (Å²) in [6.45, 7) is 1.36. The van der Waals surface area contributed by atoms with Crippen molar-refractivity contribution in [3.63, 3.8) is 0 Å². The van der Waals surface area contributed by atoms with Gasteiger partial charge in [-0.2, -0.15) is 0 Å². The Morgan fingerprint density at radius 3 is 2.04 bits per heavy atom. The number of anilines is 1. The number of nitrogen functional groups attached to an aromatic ring is 1. The lowest BCUT2D eigenvalue weighted by molar-refractivity contribution is 0.0695. The second kappa shape index (κ2) is 6.94. The number of carbonyl (C=O) groups excluding carboxylic acids is 1. The molecule has 5 N–H and O–H groups in total. The van der Waals surface area contributed by atoms with Crippen LogP contribution < -0.4 is 11.3 Å². The van der Waals surface area contributed by atoms with Crippen molar-refractivity contribution in [2.24, 2.45) is 0 Å². The molecule has 1 amide bonds. The van der Waals surface area contributed by atoms with Crippen molar-refractivity contribution in [3.05, 3.63) is 51.3 Å². The van der Waals surface area contributed by atoms with Gasteiger partial charge in [0, 0.05) is 24.2 Å². The summed E-state index contributed by atoms with van der Waals surface area (Å²) in [6.07, 6.45) is 1.89. The monoisotopic (exact) mass is 371 g/mol. The van der Waals surface area contributed by atoms with E-state index in [0.717, 1.165) is 12.8 Å². The first-order chi connectivity index (χ1) is 12.8. The summed E-state index contributed by atoms with van der Waals surface area (Å²) in [5.41, 5.74) is 3.63. The largest absolute Gasteiger partial charge is 0.478 e. The zero-order chi connectivity index (χ0) is 19.7. The Balaban J connectivity index is 2.13. The number of likely N-dealkylation sites (tertiary alicyclic amines) is 1. The van der Waals surface area contributed by atoms with Crippen LogP contribution in [-0.2, 0) is 0 Å². The van der Waals surface area contributed by atoms with E-state index in [9.17, 15) is 29.4 Å². The molecule has 0 aliphatic carbocycles. The van der Waals surface area contributed by atoms with E-state index >= 15 is 0 Å². The van der Waals surface area contributed by atoms with Crippen molar-refractivity contribution in [1.29, 1.82) is 0 Å². The standard InChI is InChI=1S/C18H17N3O6/c19-14-12(17(24)25)11(13(18(26)27)15(22)20-14)9-3-5-10(6-4-9)16(23)21-7-1-2-8-21/h3-6H,1-2,7-8H2,(H,24,25)(H,26,27)(H3,19,20,22). The molecule has 1 fully saturated rings. The highest BCUT2D eigenvalue weighted by Crippen LogP contribution is 2.29. The van der Waals surface area contributed by atoms with Crippen LogP contribution in [0.3, 0.4) is 0 Å². The molecule has 1 aromatic carbocycles. The summed E-state index contributed by atoms with van der Waals surface area (Å²) in [7, 11) is 0. The molecular weight excluding hydrogens is 354 g/mol. The molecular formula is C18H17N3O6. The number of aromatic carboxylic acids is 2. The maximum absolute atomic E-state index is 12.4. The highest BCUT2D eigenvalue weighted by molar-refractivity contribution is 6.07. The number of hydrogen-bond donors (Lipinski definition) is 4. The number of carboxylic acids is 2. The van der Waals surface area contributed by atoms with Crippen LogP contribution in [-0.4, -0.2) is 51.0 Å². The van der Waals surface area contributed by atoms with Crippen LogP contribution in [0.4, 0.5) is 5.82 Å². The van der Waals surface area contributed by atoms with Gasteiger partial charge in [0.2, 0.25) is 0 Å². The summed E-state index contributed by atoms with van der Waals surface area (Å²) in [6, 6.07) is 5.78. The molecule has 0 radical (unpaired) electrons. The number of nitrogens with two attached hydrogens (primary N) is 1. The maximum atomic E-state index is 12.4. The minimum absolute atomic E-state index is 0.151. The van der Waals surface area contributed by atoms with Gasteiger partial charge in [-0.05, 0) is 30.5 Å². The van der Waals surface area contributed by atoms with E-state index in [1.807, 2.05) is 4.98 Å². The van der Waals surface area contributed by atoms with Gasteiger partial charge in [-0.3, -0.25) is 9.59 Å². The van der Waals surface area contributed by atoms with E-state index in [1.165, 1.54) is 24.3 Å². The van der Waals surface area contributed by atoms with E-state index in [4.69, 9.17) is 5.73 Å². The molecule has 1 aliphatic rings. The summed E-state index contributed by atoms with van der Waals surface area (Å²) in [5.74, 6) is -3.64. The highest BCUT2D eigenvalue weighted by atomic mass is 16.4. The first-order valence-electron chi connectivity index (χ1n) is 8.23. The summed E-state index contributed by atoms with van der Waals surface area (Å²) < 4.78 is 0. The van der Waals surface area contributed by atoms with Gasteiger partial charge in [0.05, 0.1) is 0 Å². The number of nitrogens with one attached hydrogen (secondary N) is 1. The van der Waals surface area contributed by atoms with Crippen molar-refractivity contribution in [2.75, 3.05) is 18.8 Å². The second-order valence-electron chi connectivity index (χ2n) is 6.18. The second-order valence-corrected chi connectivity index (χ2v) is 6.18. The molecule has 1 saturated heterocycles. The van der Waals surface area contributed by atoms with Crippen LogP contribution in [0.15, 0.2) is 29.1 Å². The fourth-order valence-electron chi connectivity index (χ4n) is 3.22. The van der Waals surface area contributed by atoms with E-state index in [2.05, 4.69) is 0 Å². The van der Waals surface area contributed by atoms with Gasteiger partial charge in [0.25, 0.3) is 11.5 Å². The third-order valence-electron chi connectivity index (χ3n) is 4.49. The first kappa shape index (κ1) is 18.2. The van der Waals surface area contributed by atoms with Crippen molar-refractivity contribution < 1.29 is 24.6 Å². The number of pyridine rings is 1. The highest BCUT2D eigenvalue weighted by Gasteiger charge is 2.27. The fraction of sp³-hybridized carbons (Fsp3) is 0.222. The van der Waals surface area contributed by atoms with Gasteiger partial charge in [-0.25, -0.2) is 9.59 Å². The van der Waals surface area contributed by atoms with Crippen LogP contribution in [0.2, 0.25) is 0 Å². The number of hydrogen-bond acceptors (Lipinski definition) is 5. The molecule has 9 nitrogen and oxygen atoms in total. The lowest BCUT2D eigenvalue weighted by Crippen LogP contribution is -2.27. The molecule has 0 saturated carbocycles. The van der Waals surface area contributed by atoms with Crippen LogP contribution >= 0.6 is 0 Å². The Morgan fingerprint density at radius 2 is 1.52 bits per heavy atom. The van der Waals surface area contributed by atoms with Gasteiger partial charge in [-0.1, -0.05) is 12.1 Å². The van der Waals surface area contributed by atoms with Gasteiger partial charge in [0.1, 0.15) is 16.9 Å². The third kappa shape index (κ3) is 3.26. The predicted octanol–water partition coefficient (Wildman–Crippen LogP) is 1.26. The third-order valence-corrected chi connectivity index (χ3v) is 4.49. The van der Waals surface area contributed by atoms with E-state index in [1.54, 1.807) is 4.90 Å². The Bertz CT molecular complexity index is 987. The molecule has 0 atom stereocenters. The van der Waals surface area contributed by atoms with Crippen LogP contribution in [0.25, 0.3) is 11.1 Å². The fourth-order valence-corrected chi connectivity index (χ4v) is 3.22.